The fourth-order valence-electron chi connectivity index (χ4n) is 2.75. The van der Waals surface area contributed by atoms with E-state index in [-0.39, 0.29) is 0 Å². The summed E-state index contributed by atoms with van der Waals surface area (Å²) >= 11 is 6.35. The zero-order valence-electron chi connectivity index (χ0n) is 12.2. The molecule has 2 rings (SSSR count). The number of aliphatic hydroxyl groups is 1. The van der Waals surface area contributed by atoms with Crippen molar-refractivity contribution in [2.24, 2.45) is 0 Å². The lowest BCUT2D eigenvalue weighted by molar-refractivity contribution is -0.0572. The zero-order valence-corrected chi connectivity index (χ0v) is 12.9. The summed E-state index contributed by atoms with van der Waals surface area (Å²) in [4.78, 5) is 2.06. The van der Waals surface area contributed by atoms with Crippen LogP contribution < -0.4 is 10.2 Å². The van der Waals surface area contributed by atoms with Gasteiger partial charge in [-0.2, -0.15) is 0 Å². The van der Waals surface area contributed by atoms with Crippen molar-refractivity contribution in [1.29, 1.82) is 0 Å². The highest BCUT2D eigenvalue weighted by atomic mass is 35.5. The maximum absolute atomic E-state index is 10.6. The molecule has 0 atom stereocenters. The van der Waals surface area contributed by atoms with Gasteiger partial charge in [0.05, 0.1) is 16.3 Å². The lowest BCUT2D eigenvalue weighted by Crippen LogP contribution is -2.46. The van der Waals surface area contributed by atoms with E-state index in [9.17, 15) is 5.11 Å². The van der Waals surface area contributed by atoms with Gasteiger partial charge in [0, 0.05) is 46.2 Å². The van der Waals surface area contributed by atoms with Gasteiger partial charge < -0.3 is 20.1 Å². The first-order valence-corrected chi connectivity index (χ1v) is 7.37. The van der Waals surface area contributed by atoms with Crippen LogP contribution in [0.25, 0.3) is 0 Å². The van der Waals surface area contributed by atoms with Gasteiger partial charge in [0.25, 0.3) is 0 Å². The largest absolute Gasteiger partial charge is 0.388 e. The number of likely N-dealkylation sites (N-methyl/N-ethyl adjacent to an activating group) is 1. The topological polar surface area (TPSA) is 44.7 Å². The number of nitrogens with zero attached hydrogens (tertiary/aromatic N) is 1. The van der Waals surface area contributed by atoms with Crippen LogP contribution in [0.1, 0.15) is 18.4 Å². The highest BCUT2D eigenvalue weighted by Gasteiger charge is 2.32. The standard InChI is InChI=1S/C15H23ClN2O2/c1-17-10-12-4-3-5-13(16)14(12)18(2)11-15(19)6-8-20-9-7-15/h3-5,17,19H,6-11H2,1-2H3. The average molecular weight is 299 g/mol. The second kappa shape index (κ2) is 6.76. The van der Waals surface area contributed by atoms with Crippen molar-refractivity contribution in [1.82, 2.24) is 5.32 Å². The van der Waals surface area contributed by atoms with E-state index >= 15 is 0 Å². The molecule has 4 nitrogen and oxygen atoms in total. The van der Waals surface area contributed by atoms with Crippen molar-refractivity contribution < 1.29 is 9.84 Å². The van der Waals surface area contributed by atoms with Crippen molar-refractivity contribution in [3.8, 4) is 0 Å². The van der Waals surface area contributed by atoms with Crippen LogP contribution in [0.15, 0.2) is 18.2 Å². The quantitative estimate of drug-likeness (QED) is 0.873. The first-order chi connectivity index (χ1) is 9.56. The molecule has 2 N–H and O–H groups in total. The van der Waals surface area contributed by atoms with E-state index in [2.05, 4.69) is 16.3 Å². The number of halogens is 1. The molecule has 0 bridgehead atoms. The summed E-state index contributed by atoms with van der Waals surface area (Å²) in [6.07, 6.45) is 1.34. The normalized spacial score (nSPS) is 18.0. The highest BCUT2D eigenvalue weighted by molar-refractivity contribution is 6.33. The van der Waals surface area contributed by atoms with E-state index in [1.54, 1.807) is 0 Å². The van der Waals surface area contributed by atoms with Gasteiger partial charge in [-0.15, -0.1) is 0 Å². The molecule has 0 amide bonds. The molecule has 112 valence electrons. The van der Waals surface area contributed by atoms with E-state index in [4.69, 9.17) is 16.3 Å². The first kappa shape index (κ1) is 15.6. The summed E-state index contributed by atoms with van der Waals surface area (Å²) in [6, 6.07) is 5.90. The number of nitrogens with one attached hydrogen (secondary N) is 1. The average Bonchev–Trinajstić information content (AvgIpc) is 2.39. The fourth-order valence-corrected chi connectivity index (χ4v) is 3.09. The third-order valence-corrected chi connectivity index (χ3v) is 4.08. The van der Waals surface area contributed by atoms with E-state index in [1.165, 1.54) is 0 Å². The predicted molar refractivity (Wildman–Crippen MR) is 82.5 cm³/mol. The van der Waals surface area contributed by atoms with Crippen LogP contribution in [-0.4, -0.2) is 44.6 Å². The van der Waals surface area contributed by atoms with Crippen LogP contribution >= 0.6 is 11.6 Å². The zero-order chi connectivity index (χ0) is 14.6. The SMILES string of the molecule is CNCc1cccc(Cl)c1N(C)CC1(O)CCOCC1. The molecule has 1 aromatic rings. The molecule has 1 aliphatic rings. The van der Waals surface area contributed by atoms with Crippen molar-refractivity contribution in [2.75, 3.05) is 38.8 Å². The molecule has 0 radical (unpaired) electrons. The number of para-hydroxylation sites is 1. The Kier molecular flexibility index (Phi) is 5.27. The van der Waals surface area contributed by atoms with Crippen molar-refractivity contribution >= 4 is 17.3 Å². The maximum Gasteiger partial charge on any atom is 0.0865 e. The van der Waals surface area contributed by atoms with Gasteiger partial charge in [0.1, 0.15) is 0 Å². The summed E-state index contributed by atoms with van der Waals surface area (Å²) in [5, 5.41) is 14.5. The Labute approximate surface area is 125 Å². The monoisotopic (exact) mass is 298 g/mol. The van der Waals surface area contributed by atoms with Gasteiger partial charge >= 0.3 is 0 Å². The molecular formula is C15H23ClN2O2. The molecule has 1 fully saturated rings. The van der Waals surface area contributed by atoms with Crippen molar-refractivity contribution in [3.63, 3.8) is 0 Å². The van der Waals surface area contributed by atoms with E-state index in [0.29, 0.717) is 32.6 Å². The minimum absolute atomic E-state index is 0.566. The van der Waals surface area contributed by atoms with Crippen LogP contribution in [0.3, 0.4) is 0 Å². The molecule has 1 heterocycles. The number of hydrogen-bond donors (Lipinski definition) is 2. The molecule has 0 spiro atoms. The van der Waals surface area contributed by atoms with Crippen LogP contribution in [0.5, 0.6) is 0 Å². The van der Waals surface area contributed by atoms with E-state index in [1.807, 2.05) is 26.2 Å². The maximum atomic E-state index is 10.6. The summed E-state index contributed by atoms with van der Waals surface area (Å²) in [6.45, 7) is 2.56. The summed E-state index contributed by atoms with van der Waals surface area (Å²) < 4.78 is 5.32. The Hall–Kier alpha value is -0.810. The number of anilines is 1. The Bertz CT molecular complexity index is 447. The molecule has 0 aliphatic carbocycles. The second-order valence-electron chi connectivity index (χ2n) is 5.47. The van der Waals surface area contributed by atoms with Gasteiger partial charge in [-0.1, -0.05) is 23.7 Å². The molecule has 5 heteroatoms. The van der Waals surface area contributed by atoms with Crippen molar-refractivity contribution in [2.45, 2.75) is 25.0 Å². The highest BCUT2D eigenvalue weighted by Crippen LogP contribution is 2.31. The van der Waals surface area contributed by atoms with Crippen LogP contribution in [0.4, 0.5) is 5.69 Å². The smallest absolute Gasteiger partial charge is 0.0865 e. The molecule has 0 aromatic heterocycles. The first-order valence-electron chi connectivity index (χ1n) is 6.99. The number of rotatable bonds is 5. The predicted octanol–water partition coefficient (Wildman–Crippen LogP) is 2.04. The molecular weight excluding hydrogens is 276 g/mol. The van der Waals surface area contributed by atoms with Crippen LogP contribution in [0.2, 0.25) is 5.02 Å². The molecule has 0 saturated carbocycles. The van der Waals surface area contributed by atoms with Gasteiger partial charge in [-0.3, -0.25) is 0 Å². The van der Waals surface area contributed by atoms with E-state index in [0.717, 1.165) is 22.8 Å². The molecule has 1 aliphatic heterocycles. The Morgan fingerprint density at radius 2 is 2.10 bits per heavy atom. The van der Waals surface area contributed by atoms with Gasteiger partial charge in [0.15, 0.2) is 0 Å². The molecule has 20 heavy (non-hydrogen) atoms. The van der Waals surface area contributed by atoms with E-state index < -0.39 is 5.60 Å². The van der Waals surface area contributed by atoms with Crippen LogP contribution in [-0.2, 0) is 11.3 Å². The fraction of sp³-hybridized carbons (Fsp3) is 0.600. The Morgan fingerprint density at radius 3 is 2.75 bits per heavy atom. The summed E-state index contributed by atoms with van der Waals surface area (Å²) in [5.74, 6) is 0. The Morgan fingerprint density at radius 1 is 1.40 bits per heavy atom. The van der Waals surface area contributed by atoms with Gasteiger partial charge in [-0.25, -0.2) is 0 Å². The second-order valence-corrected chi connectivity index (χ2v) is 5.88. The third kappa shape index (κ3) is 3.64. The lowest BCUT2D eigenvalue weighted by atomic mass is 9.93. The lowest BCUT2D eigenvalue weighted by Gasteiger charge is -2.37. The van der Waals surface area contributed by atoms with Crippen LogP contribution in [0, 0.1) is 0 Å². The summed E-state index contributed by atoms with van der Waals surface area (Å²) in [5.41, 5.74) is 1.44. The Balaban J connectivity index is 2.17. The third-order valence-electron chi connectivity index (χ3n) is 3.77. The molecule has 1 aromatic carbocycles. The van der Waals surface area contributed by atoms with Crippen molar-refractivity contribution in [3.05, 3.63) is 28.8 Å². The molecule has 1 saturated heterocycles. The number of ether oxygens (including phenoxy) is 1. The summed E-state index contributed by atoms with van der Waals surface area (Å²) in [7, 11) is 3.89. The van der Waals surface area contributed by atoms with Gasteiger partial charge in [-0.05, 0) is 18.7 Å². The number of benzene rings is 1. The number of hydrogen-bond acceptors (Lipinski definition) is 4. The minimum atomic E-state index is -0.691. The van der Waals surface area contributed by atoms with Gasteiger partial charge in [0.2, 0.25) is 0 Å². The molecule has 0 unspecified atom stereocenters. The minimum Gasteiger partial charge on any atom is -0.388 e.